The number of methoxy groups -OCH3 is 1. The fraction of sp³-hybridized carbons (Fsp3) is 0.700. The Morgan fingerprint density at radius 2 is 2.15 bits per heavy atom. The van der Waals surface area contributed by atoms with E-state index in [0.29, 0.717) is 12.5 Å². The summed E-state index contributed by atoms with van der Waals surface area (Å²) in [7, 11) is 1.70. The molecule has 1 rings (SSSR count). The molecule has 74 valence electrons. The third kappa shape index (κ3) is 2.78. The van der Waals surface area contributed by atoms with Gasteiger partial charge in [0.2, 0.25) is 0 Å². The summed E-state index contributed by atoms with van der Waals surface area (Å²) in [5.74, 6) is 0.683. The number of aromatic nitrogens is 1. The molecule has 13 heavy (non-hydrogen) atoms. The molecule has 0 spiro atoms. The van der Waals surface area contributed by atoms with E-state index in [2.05, 4.69) is 24.3 Å². The van der Waals surface area contributed by atoms with E-state index in [0.717, 1.165) is 5.69 Å². The quantitative estimate of drug-likeness (QED) is 0.726. The van der Waals surface area contributed by atoms with Crippen LogP contribution >= 0.6 is 11.5 Å². The van der Waals surface area contributed by atoms with E-state index in [1.807, 2.05) is 0 Å². The van der Waals surface area contributed by atoms with Crippen molar-refractivity contribution in [3.63, 3.8) is 0 Å². The van der Waals surface area contributed by atoms with Crippen LogP contribution in [0.15, 0.2) is 6.07 Å². The van der Waals surface area contributed by atoms with Crippen molar-refractivity contribution in [1.29, 1.82) is 0 Å². The van der Waals surface area contributed by atoms with Crippen molar-refractivity contribution in [3.05, 3.63) is 16.6 Å². The Morgan fingerprint density at radius 3 is 2.69 bits per heavy atom. The lowest BCUT2D eigenvalue weighted by atomic mass is 10.0. The van der Waals surface area contributed by atoms with Gasteiger partial charge < -0.3 is 4.74 Å². The number of ether oxygens (including phenoxy) is 1. The SMILES string of the molecule is CCC(CC)c1cc(COC)ns1. The summed E-state index contributed by atoms with van der Waals surface area (Å²) in [5, 5.41) is 0. The van der Waals surface area contributed by atoms with Gasteiger partial charge in [0.15, 0.2) is 0 Å². The summed E-state index contributed by atoms with van der Waals surface area (Å²) in [5.41, 5.74) is 1.06. The second-order valence-corrected chi connectivity index (χ2v) is 4.00. The molecule has 0 aliphatic carbocycles. The summed E-state index contributed by atoms with van der Waals surface area (Å²) in [6.45, 7) is 5.09. The predicted molar refractivity (Wildman–Crippen MR) is 56.2 cm³/mol. The zero-order valence-electron chi connectivity index (χ0n) is 8.54. The number of rotatable bonds is 5. The lowest BCUT2D eigenvalue weighted by Crippen LogP contribution is -1.91. The van der Waals surface area contributed by atoms with Crippen LogP contribution in [0.3, 0.4) is 0 Å². The van der Waals surface area contributed by atoms with Crippen LogP contribution in [0.25, 0.3) is 0 Å². The Morgan fingerprint density at radius 1 is 1.46 bits per heavy atom. The molecule has 0 unspecified atom stereocenters. The molecule has 0 saturated heterocycles. The third-order valence-corrected chi connectivity index (χ3v) is 3.25. The molecule has 1 aromatic heterocycles. The van der Waals surface area contributed by atoms with Crippen molar-refractivity contribution >= 4 is 11.5 Å². The van der Waals surface area contributed by atoms with Crippen molar-refractivity contribution in [2.75, 3.05) is 7.11 Å². The monoisotopic (exact) mass is 199 g/mol. The highest BCUT2D eigenvalue weighted by Crippen LogP contribution is 2.27. The molecule has 0 N–H and O–H groups in total. The number of hydrogen-bond donors (Lipinski definition) is 0. The molecule has 0 amide bonds. The van der Waals surface area contributed by atoms with Gasteiger partial charge in [0.1, 0.15) is 0 Å². The zero-order valence-corrected chi connectivity index (χ0v) is 9.36. The Kier molecular flexibility index (Phi) is 4.39. The minimum Gasteiger partial charge on any atom is -0.378 e. The van der Waals surface area contributed by atoms with Crippen molar-refractivity contribution < 1.29 is 4.74 Å². The molecule has 2 nitrogen and oxygen atoms in total. The summed E-state index contributed by atoms with van der Waals surface area (Å²) in [6.07, 6.45) is 2.40. The van der Waals surface area contributed by atoms with E-state index in [9.17, 15) is 0 Å². The molecular weight excluding hydrogens is 182 g/mol. The maximum Gasteiger partial charge on any atom is 0.0895 e. The average Bonchev–Trinajstić information content (AvgIpc) is 2.56. The average molecular weight is 199 g/mol. The third-order valence-electron chi connectivity index (χ3n) is 2.26. The van der Waals surface area contributed by atoms with Gasteiger partial charge in [-0.2, -0.15) is 4.37 Å². The maximum atomic E-state index is 5.03. The second kappa shape index (κ2) is 5.35. The number of nitrogens with zero attached hydrogens (tertiary/aromatic N) is 1. The van der Waals surface area contributed by atoms with Crippen LogP contribution in [0.2, 0.25) is 0 Å². The van der Waals surface area contributed by atoms with Gasteiger partial charge in [-0.15, -0.1) is 0 Å². The first-order valence-electron chi connectivity index (χ1n) is 4.76. The molecule has 0 radical (unpaired) electrons. The van der Waals surface area contributed by atoms with Gasteiger partial charge in [0.05, 0.1) is 12.3 Å². The van der Waals surface area contributed by atoms with Crippen LogP contribution in [0.1, 0.15) is 43.2 Å². The molecule has 1 heterocycles. The van der Waals surface area contributed by atoms with Gasteiger partial charge in [-0.3, -0.25) is 0 Å². The molecular formula is C10H17NOS. The van der Waals surface area contributed by atoms with Gasteiger partial charge in [0.25, 0.3) is 0 Å². The molecule has 0 aliphatic heterocycles. The highest BCUT2D eigenvalue weighted by molar-refractivity contribution is 7.05. The van der Waals surface area contributed by atoms with Crippen molar-refractivity contribution in [2.45, 2.75) is 39.2 Å². The highest BCUT2D eigenvalue weighted by atomic mass is 32.1. The molecule has 0 aliphatic rings. The van der Waals surface area contributed by atoms with E-state index in [1.165, 1.54) is 17.7 Å². The molecule has 0 atom stereocenters. The van der Waals surface area contributed by atoms with Gasteiger partial charge >= 0.3 is 0 Å². The van der Waals surface area contributed by atoms with E-state index in [-0.39, 0.29) is 0 Å². The van der Waals surface area contributed by atoms with Crippen LogP contribution in [0.4, 0.5) is 0 Å². The molecule has 0 fully saturated rings. The van der Waals surface area contributed by atoms with Gasteiger partial charge in [-0.1, -0.05) is 13.8 Å². The standard InChI is InChI=1S/C10H17NOS/c1-4-8(5-2)10-6-9(7-12-3)11-13-10/h6,8H,4-5,7H2,1-3H3. The minimum atomic E-state index is 0.636. The van der Waals surface area contributed by atoms with E-state index < -0.39 is 0 Å². The van der Waals surface area contributed by atoms with E-state index in [1.54, 1.807) is 18.6 Å². The Balaban J connectivity index is 2.66. The van der Waals surface area contributed by atoms with Gasteiger partial charge in [0, 0.05) is 12.0 Å². The van der Waals surface area contributed by atoms with Crippen molar-refractivity contribution in [1.82, 2.24) is 4.37 Å². The van der Waals surface area contributed by atoms with E-state index in [4.69, 9.17) is 4.74 Å². The van der Waals surface area contributed by atoms with E-state index >= 15 is 0 Å². The van der Waals surface area contributed by atoms with Crippen LogP contribution < -0.4 is 0 Å². The fourth-order valence-corrected chi connectivity index (χ4v) is 2.43. The van der Waals surface area contributed by atoms with Crippen LogP contribution in [-0.2, 0) is 11.3 Å². The molecule has 0 aromatic carbocycles. The largest absolute Gasteiger partial charge is 0.378 e. The predicted octanol–water partition coefficient (Wildman–Crippen LogP) is 3.19. The first-order valence-corrected chi connectivity index (χ1v) is 5.53. The first kappa shape index (κ1) is 10.7. The first-order chi connectivity index (χ1) is 6.31. The smallest absolute Gasteiger partial charge is 0.0895 e. The Hall–Kier alpha value is -0.410. The molecule has 0 saturated carbocycles. The normalized spacial score (nSPS) is 11.1. The lowest BCUT2D eigenvalue weighted by Gasteiger charge is -2.07. The Bertz CT molecular complexity index is 243. The van der Waals surface area contributed by atoms with Crippen molar-refractivity contribution in [3.8, 4) is 0 Å². The molecule has 3 heteroatoms. The minimum absolute atomic E-state index is 0.636. The fourth-order valence-electron chi connectivity index (χ4n) is 1.43. The van der Waals surface area contributed by atoms with Crippen LogP contribution in [0.5, 0.6) is 0 Å². The second-order valence-electron chi connectivity index (χ2n) is 3.17. The maximum absolute atomic E-state index is 5.03. The topological polar surface area (TPSA) is 22.1 Å². The highest BCUT2D eigenvalue weighted by Gasteiger charge is 2.10. The molecule has 1 aromatic rings. The zero-order chi connectivity index (χ0) is 9.68. The molecule has 0 bridgehead atoms. The summed E-state index contributed by atoms with van der Waals surface area (Å²) < 4.78 is 9.37. The van der Waals surface area contributed by atoms with Crippen molar-refractivity contribution in [2.24, 2.45) is 0 Å². The van der Waals surface area contributed by atoms with Gasteiger partial charge in [-0.25, -0.2) is 0 Å². The van der Waals surface area contributed by atoms with Crippen LogP contribution in [-0.4, -0.2) is 11.5 Å². The van der Waals surface area contributed by atoms with Gasteiger partial charge in [-0.05, 0) is 36.4 Å². The summed E-state index contributed by atoms with van der Waals surface area (Å²) in [4.78, 5) is 1.40. The summed E-state index contributed by atoms with van der Waals surface area (Å²) in [6, 6.07) is 2.17. The van der Waals surface area contributed by atoms with Crippen LogP contribution in [0, 0.1) is 0 Å². The Labute approximate surface area is 84.1 Å². The lowest BCUT2D eigenvalue weighted by molar-refractivity contribution is 0.182. The number of hydrogen-bond acceptors (Lipinski definition) is 3. The summed E-state index contributed by atoms with van der Waals surface area (Å²) >= 11 is 1.62.